The Bertz CT molecular complexity index is 832. The lowest BCUT2D eigenvalue weighted by Crippen LogP contribution is -2.36. The molecule has 0 unspecified atom stereocenters. The fourth-order valence-corrected chi connectivity index (χ4v) is 3.90. The lowest BCUT2D eigenvalue weighted by molar-refractivity contribution is 0.800. The van der Waals surface area contributed by atoms with Gasteiger partial charge >= 0.3 is 0 Å². The number of aryl methyl sites for hydroxylation is 2. The third-order valence-electron chi connectivity index (χ3n) is 3.73. The molecule has 0 saturated carbocycles. The molecular weight excluding hydrogens is 350 g/mol. The summed E-state index contributed by atoms with van der Waals surface area (Å²) < 4.78 is 0. The van der Waals surface area contributed by atoms with Crippen molar-refractivity contribution >= 4 is 28.6 Å². The lowest BCUT2D eigenvalue weighted by Gasteiger charge is -2.09. The van der Waals surface area contributed by atoms with Gasteiger partial charge in [-0.15, -0.1) is 22.7 Å². The van der Waals surface area contributed by atoms with Crippen LogP contribution in [-0.4, -0.2) is 23.0 Å². The van der Waals surface area contributed by atoms with Crippen LogP contribution in [0.4, 0.5) is 0 Å². The number of aliphatic imine (C=N–C) groups is 1. The molecule has 2 aromatic heterocycles. The Balaban J connectivity index is 1.54. The molecule has 0 fully saturated rings. The number of nitrogens with one attached hydrogen (secondary N) is 2. The molecule has 3 rings (SSSR count). The quantitative estimate of drug-likeness (QED) is 0.530. The number of rotatable bonds is 5. The minimum Gasteiger partial charge on any atom is -0.350 e. The predicted molar refractivity (Wildman–Crippen MR) is 106 cm³/mol. The fraction of sp³-hybridized carbons (Fsp3) is 0.278. The molecule has 5 nitrogen and oxygen atoms in total. The summed E-state index contributed by atoms with van der Waals surface area (Å²) in [5, 5.41) is 10.8. The van der Waals surface area contributed by atoms with E-state index in [2.05, 4.69) is 50.0 Å². The van der Waals surface area contributed by atoms with E-state index in [1.165, 1.54) is 4.88 Å². The van der Waals surface area contributed by atoms with E-state index >= 15 is 0 Å². The Morgan fingerprint density at radius 1 is 1.04 bits per heavy atom. The molecule has 0 aliphatic heterocycles. The van der Waals surface area contributed by atoms with Crippen LogP contribution in [-0.2, 0) is 13.1 Å². The molecule has 0 amide bonds. The second kappa shape index (κ2) is 8.22. The van der Waals surface area contributed by atoms with E-state index in [1.54, 1.807) is 29.7 Å². The van der Waals surface area contributed by atoms with Gasteiger partial charge in [-0.05, 0) is 13.8 Å². The molecule has 130 valence electrons. The van der Waals surface area contributed by atoms with Crippen LogP contribution in [0.3, 0.4) is 0 Å². The molecule has 7 heteroatoms. The second-order valence-electron chi connectivity index (χ2n) is 5.52. The Morgan fingerprint density at radius 2 is 1.76 bits per heavy atom. The third kappa shape index (κ3) is 4.64. The first-order valence-electron chi connectivity index (χ1n) is 8.03. The normalized spacial score (nSPS) is 11.6. The van der Waals surface area contributed by atoms with Crippen LogP contribution in [0, 0.1) is 13.8 Å². The Labute approximate surface area is 155 Å². The summed E-state index contributed by atoms with van der Waals surface area (Å²) >= 11 is 3.37. The van der Waals surface area contributed by atoms with Gasteiger partial charge in [-0.25, -0.2) is 9.97 Å². The van der Waals surface area contributed by atoms with Gasteiger partial charge in [0, 0.05) is 22.9 Å². The van der Waals surface area contributed by atoms with E-state index in [0.717, 1.165) is 32.9 Å². The van der Waals surface area contributed by atoms with Crippen molar-refractivity contribution in [2.24, 2.45) is 4.99 Å². The summed E-state index contributed by atoms with van der Waals surface area (Å²) in [5.41, 5.74) is 3.25. The van der Waals surface area contributed by atoms with E-state index in [4.69, 9.17) is 0 Å². The van der Waals surface area contributed by atoms with Crippen LogP contribution >= 0.6 is 22.7 Å². The molecule has 0 aliphatic carbocycles. The van der Waals surface area contributed by atoms with Crippen LogP contribution in [0.5, 0.6) is 0 Å². The van der Waals surface area contributed by atoms with Crippen molar-refractivity contribution in [1.29, 1.82) is 0 Å². The largest absolute Gasteiger partial charge is 0.350 e. The number of aromatic nitrogens is 2. The zero-order valence-electron chi connectivity index (χ0n) is 14.5. The van der Waals surface area contributed by atoms with Gasteiger partial charge in [0.2, 0.25) is 0 Å². The maximum Gasteiger partial charge on any atom is 0.191 e. The highest BCUT2D eigenvalue weighted by Crippen LogP contribution is 2.21. The number of benzene rings is 1. The van der Waals surface area contributed by atoms with E-state index in [9.17, 15) is 0 Å². The van der Waals surface area contributed by atoms with Crippen LogP contribution in [0.1, 0.15) is 20.6 Å². The standard InChI is InChI=1S/C18H21N5S2/c1-12-13(2)25-17(22-12)10-21-18(19-3)20-9-16-23-15(11-24-16)14-7-5-4-6-8-14/h4-8,11H,9-10H2,1-3H3,(H2,19,20,21). The topological polar surface area (TPSA) is 62.2 Å². The zero-order valence-corrected chi connectivity index (χ0v) is 16.2. The molecule has 0 saturated heterocycles. The van der Waals surface area contributed by atoms with E-state index < -0.39 is 0 Å². The molecule has 1 aromatic carbocycles. The molecule has 25 heavy (non-hydrogen) atoms. The first-order chi connectivity index (χ1) is 12.2. The summed E-state index contributed by atoms with van der Waals surface area (Å²) in [6, 6.07) is 10.2. The van der Waals surface area contributed by atoms with Gasteiger partial charge in [0.15, 0.2) is 5.96 Å². The Morgan fingerprint density at radius 3 is 2.40 bits per heavy atom. The van der Waals surface area contributed by atoms with E-state index in [1.807, 2.05) is 25.1 Å². The smallest absolute Gasteiger partial charge is 0.191 e. The summed E-state index contributed by atoms with van der Waals surface area (Å²) in [6.07, 6.45) is 0. The van der Waals surface area contributed by atoms with Crippen molar-refractivity contribution in [3.8, 4) is 11.3 Å². The first-order valence-corrected chi connectivity index (χ1v) is 9.72. The molecule has 0 spiro atoms. The first kappa shape index (κ1) is 17.6. The maximum absolute atomic E-state index is 4.68. The van der Waals surface area contributed by atoms with Crippen molar-refractivity contribution in [3.63, 3.8) is 0 Å². The zero-order chi connectivity index (χ0) is 17.6. The van der Waals surface area contributed by atoms with E-state index in [0.29, 0.717) is 13.1 Å². The number of thiazole rings is 2. The van der Waals surface area contributed by atoms with Crippen LogP contribution in [0.15, 0.2) is 40.7 Å². The molecule has 0 atom stereocenters. The number of hydrogen-bond donors (Lipinski definition) is 2. The molecule has 0 aliphatic rings. The van der Waals surface area contributed by atoms with Crippen molar-refractivity contribution in [2.45, 2.75) is 26.9 Å². The van der Waals surface area contributed by atoms with Gasteiger partial charge in [0.05, 0.1) is 24.5 Å². The Hall–Kier alpha value is -2.25. The van der Waals surface area contributed by atoms with Gasteiger partial charge in [-0.1, -0.05) is 30.3 Å². The summed E-state index contributed by atoms with van der Waals surface area (Å²) in [5.74, 6) is 0.752. The highest BCUT2D eigenvalue weighted by atomic mass is 32.1. The van der Waals surface area contributed by atoms with Gasteiger partial charge < -0.3 is 10.6 Å². The van der Waals surface area contributed by atoms with Crippen molar-refractivity contribution in [1.82, 2.24) is 20.6 Å². The number of guanidine groups is 1. The summed E-state index contributed by atoms with van der Waals surface area (Å²) in [7, 11) is 1.77. The Kier molecular flexibility index (Phi) is 5.78. The highest BCUT2D eigenvalue weighted by Gasteiger charge is 2.07. The minimum absolute atomic E-state index is 0.646. The lowest BCUT2D eigenvalue weighted by atomic mass is 10.2. The molecule has 2 N–H and O–H groups in total. The fourth-order valence-electron chi connectivity index (χ4n) is 2.29. The molecule has 0 bridgehead atoms. The van der Waals surface area contributed by atoms with E-state index in [-0.39, 0.29) is 0 Å². The average Bonchev–Trinajstić information content (AvgIpc) is 3.23. The maximum atomic E-state index is 4.68. The predicted octanol–water partition coefficient (Wildman–Crippen LogP) is 3.75. The van der Waals surface area contributed by atoms with Gasteiger partial charge in [0.25, 0.3) is 0 Å². The van der Waals surface area contributed by atoms with Gasteiger partial charge in [-0.3, -0.25) is 4.99 Å². The SMILES string of the molecule is CN=C(NCc1nc(-c2ccccc2)cs1)NCc1nc(C)c(C)s1. The summed E-state index contributed by atoms with van der Waals surface area (Å²) in [6.45, 7) is 5.45. The number of nitrogens with zero attached hydrogens (tertiary/aromatic N) is 3. The van der Waals surface area contributed by atoms with Crippen LogP contribution in [0.2, 0.25) is 0 Å². The van der Waals surface area contributed by atoms with Crippen molar-refractivity contribution in [3.05, 3.63) is 56.3 Å². The van der Waals surface area contributed by atoms with Gasteiger partial charge in [-0.2, -0.15) is 0 Å². The summed E-state index contributed by atoms with van der Waals surface area (Å²) in [4.78, 5) is 14.7. The van der Waals surface area contributed by atoms with Crippen molar-refractivity contribution in [2.75, 3.05) is 7.05 Å². The molecular formula is C18H21N5S2. The number of hydrogen-bond acceptors (Lipinski definition) is 5. The molecule has 3 aromatic rings. The van der Waals surface area contributed by atoms with Crippen LogP contribution < -0.4 is 10.6 Å². The van der Waals surface area contributed by atoms with Crippen LogP contribution in [0.25, 0.3) is 11.3 Å². The average molecular weight is 372 g/mol. The monoisotopic (exact) mass is 371 g/mol. The van der Waals surface area contributed by atoms with Crippen molar-refractivity contribution < 1.29 is 0 Å². The molecule has 2 heterocycles. The highest BCUT2D eigenvalue weighted by molar-refractivity contribution is 7.11. The van der Waals surface area contributed by atoms with Gasteiger partial charge in [0.1, 0.15) is 10.0 Å². The minimum atomic E-state index is 0.646. The second-order valence-corrected chi connectivity index (χ2v) is 7.75. The third-order valence-corrected chi connectivity index (χ3v) is 5.65. The molecule has 0 radical (unpaired) electrons.